The summed E-state index contributed by atoms with van der Waals surface area (Å²) < 4.78 is 27.2. The van der Waals surface area contributed by atoms with E-state index >= 15 is 0 Å². The first kappa shape index (κ1) is 13.4. The molecule has 3 rings (SSSR count). The van der Waals surface area contributed by atoms with Crippen molar-refractivity contribution in [1.29, 1.82) is 0 Å². The number of nitrogens with zero attached hydrogens (tertiary/aromatic N) is 2. The Bertz CT molecular complexity index is 690. The Labute approximate surface area is 122 Å². The van der Waals surface area contributed by atoms with Crippen molar-refractivity contribution in [2.24, 2.45) is 0 Å². The maximum Gasteiger partial charge on any atom is 0.267 e. The number of para-hydroxylation sites is 1. The van der Waals surface area contributed by atoms with E-state index in [2.05, 4.69) is 20.9 Å². The van der Waals surface area contributed by atoms with Crippen LogP contribution in [0.2, 0.25) is 0 Å². The van der Waals surface area contributed by atoms with Crippen LogP contribution in [0.1, 0.15) is 16.8 Å². The van der Waals surface area contributed by atoms with Crippen LogP contribution < -0.4 is 0 Å². The van der Waals surface area contributed by atoms with Crippen molar-refractivity contribution < 1.29 is 13.6 Å². The van der Waals surface area contributed by atoms with Gasteiger partial charge in [-0.15, -0.1) is 0 Å². The lowest BCUT2D eigenvalue weighted by Gasteiger charge is -2.16. The highest BCUT2D eigenvalue weighted by Gasteiger charge is 2.40. The van der Waals surface area contributed by atoms with E-state index in [0.717, 1.165) is 15.4 Å². The van der Waals surface area contributed by atoms with Crippen molar-refractivity contribution in [3.05, 3.63) is 40.5 Å². The zero-order valence-corrected chi connectivity index (χ0v) is 12.0. The predicted molar refractivity (Wildman–Crippen MR) is 74.9 cm³/mol. The molecular formula is C14H11BrF2N2O. The van der Waals surface area contributed by atoms with Crippen molar-refractivity contribution in [1.82, 2.24) is 9.88 Å². The molecule has 0 radical (unpaired) electrons. The molecule has 0 unspecified atom stereocenters. The summed E-state index contributed by atoms with van der Waals surface area (Å²) in [5.41, 5.74) is 1.09. The topological polar surface area (TPSA) is 33.2 Å². The van der Waals surface area contributed by atoms with E-state index in [0.29, 0.717) is 5.56 Å². The summed E-state index contributed by atoms with van der Waals surface area (Å²) in [7, 11) is 0. The Morgan fingerprint density at radius 1 is 1.40 bits per heavy atom. The van der Waals surface area contributed by atoms with Crippen LogP contribution in [0.15, 0.2) is 34.9 Å². The fourth-order valence-corrected chi connectivity index (χ4v) is 2.82. The lowest BCUT2D eigenvalue weighted by atomic mass is 10.1. The molecule has 0 atom stereocenters. The van der Waals surface area contributed by atoms with Gasteiger partial charge in [-0.3, -0.25) is 9.78 Å². The van der Waals surface area contributed by atoms with E-state index < -0.39 is 18.4 Å². The number of hydrogen-bond donors (Lipinski definition) is 0. The predicted octanol–water partition coefficient (Wildman–Crippen LogP) is 3.48. The summed E-state index contributed by atoms with van der Waals surface area (Å²) in [6.45, 7) is -0.426. The number of alkyl halides is 2. The second-order valence-corrected chi connectivity index (χ2v) is 5.72. The average Bonchev–Trinajstić information content (AvgIpc) is 2.78. The summed E-state index contributed by atoms with van der Waals surface area (Å²) in [5.74, 6) is -3.17. The van der Waals surface area contributed by atoms with Gasteiger partial charge >= 0.3 is 0 Å². The zero-order valence-electron chi connectivity index (χ0n) is 10.4. The number of fused-ring (bicyclic) bond motifs is 1. The number of amides is 1. The quantitative estimate of drug-likeness (QED) is 0.796. The molecule has 20 heavy (non-hydrogen) atoms. The van der Waals surface area contributed by atoms with Crippen molar-refractivity contribution in [3.8, 4) is 0 Å². The van der Waals surface area contributed by atoms with Gasteiger partial charge in [-0.05, 0) is 28.1 Å². The average molecular weight is 341 g/mol. The zero-order chi connectivity index (χ0) is 14.3. The number of halogens is 3. The molecule has 2 heterocycles. The first-order valence-corrected chi connectivity index (χ1v) is 6.97. The summed E-state index contributed by atoms with van der Waals surface area (Å²) in [6.07, 6.45) is 1.16. The molecule has 1 amide bonds. The van der Waals surface area contributed by atoms with E-state index in [1.807, 2.05) is 18.2 Å². The molecule has 3 nitrogen and oxygen atoms in total. The minimum absolute atomic E-state index is 0.0857. The Balaban J connectivity index is 1.93. The van der Waals surface area contributed by atoms with Crippen LogP contribution in [0.4, 0.5) is 8.78 Å². The standard InChI is InChI=1S/C14H11BrF2N2O/c15-11-3-1-2-9-6-10(7-18-12(9)11)13(20)19-5-4-14(16,17)8-19/h1-3,6-7H,4-5,8H2. The molecule has 1 aromatic carbocycles. The van der Waals surface area contributed by atoms with E-state index in [9.17, 15) is 13.6 Å². The molecule has 2 aromatic rings. The van der Waals surface area contributed by atoms with Crippen LogP contribution in [-0.4, -0.2) is 34.8 Å². The number of carbonyl (C=O) groups is 1. The van der Waals surface area contributed by atoms with Gasteiger partial charge in [0.2, 0.25) is 0 Å². The number of pyridine rings is 1. The van der Waals surface area contributed by atoms with Crippen molar-refractivity contribution in [3.63, 3.8) is 0 Å². The van der Waals surface area contributed by atoms with Crippen LogP contribution in [0.25, 0.3) is 10.9 Å². The van der Waals surface area contributed by atoms with Gasteiger partial charge in [0.15, 0.2) is 0 Å². The van der Waals surface area contributed by atoms with Gasteiger partial charge in [-0.1, -0.05) is 12.1 Å². The highest BCUT2D eigenvalue weighted by molar-refractivity contribution is 9.10. The Morgan fingerprint density at radius 2 is 2.20 bits per heavy atom. The van der Waals surface area contributed by atoms with Crippen molar-refractivity contribution in [2.75, 3.05) is 13.1 Å². The van der Waals surface area contributed by atoms with Gasteiger partial charge in [0, 0.05) is 29.0 Å². The van der Waals surface area contributed by atoms with Gasteiger partial charge in [0.25, 0.3) is 11.8 Å². The molecular weight excluding hydrogens is 330 g/mol. The molecule has 1 aromatic heterocycles. The van der Waals surface area contributed by atoms with Gasteiger partial charge < -0.3 is 4.90 Å². The smallest absolute Gasteiger partial charge is 0.267 e. The third-order valence-corrected chi connectivity index (χ3v) is 4.01. The van der Waals surface area contributed by atoms with E-state index in [-0.39, 0.29) is 13.0 Å². The Hall–Kier alpha value is -1.56. The minimum Gasteiger partial charge on any atom is -0.332 e. The molecule has 0 spiro atoms. The SMILES string of the molecule is O=C(c1cnc2c(Br)cccc2c1)N1CCC(F)(F)C1. The lowest BCUT2D eigenvalue weighted by molar-refractivity contribution is 0.0120. The van der Waals surface area contributed by atoms with Crippen molar-refractivity contribution >= 4 is 32.7 Å². The molecule has 6 heteroatoms. The summed E-state index contributed by atoms with van der Waals surface area (Å²) in [5, 5.41) is 0.802. The van der Waals surface area contributed by atoms with Crippen LogP contribution in [0.3, 0.4) is 0 Å². The van der Waals surface area contributed by atoms with Gasteiger partial charge in [0.05, 0.1) is 17.6 Å². The molecule has 0 bridgehead atoms. The summed E-state index contributed by atoms with van der Waals surface area (Å²) in [6, 6.07) is 7.22. The highest BCUT2D eigenvalue weighted by atomic mass is 79.9. The summed E-state index contributed by atoms with van der Waals surface area (Å²) in [4.78, 5) is 17.6. The first-order chi connectivity index (χ1) is 9.46. The van der Waals surface area contributed by atoms with Crippen LogP contribution in [-0.2, 0) is 0 Å². The third-order valence-electron chi connectivity index (χ3n) is 3.37. The second-order valence-electron chi connectivity index (χ2n) is 4.87. The lowest BCUT2D eigenvalue weighted by Crippen LogP contribution is -2.31. The maximum atomic E-state index is 13.2. The summed E-state index contributed by atoms with van der Waals surface area (Å²) >= 11 is 3.38. The fraction of sp³-hybridized carbons (Fsp3) is 0.286. The van der Waals surface area contributed by atoms with E-state index in [4.69, 9.17) is 0 Å². The van der Waals surface area contributed by atoms with E-state index in [1.165, 1.54) is 11.1 Å². The van der Waals surface area contributed by atoms with Gasteiger partial charge in [0.1, 0.15) is 0 Å². The molecule has 1 fully saturated rings. The first-order valence-electron chi connectivity index (χ1n) is 6.18. The number of benzene rings is 1. The van der Waals surface area contributed by atoms with Crippen LogP contribution >= 0.6 is 15.9 Å². The number of aromatic nitrogens is 1. The third kappa shape index (κ3) is 2.40. The largest absolute Gasteiger partial charge is 0.332 e. The van der Waals surface area contributed by atoms with Crippen LogP contribution in [0.5, 0.6) is 0 Å². The number of hydrogen-bond acceptors (Lipinski definition) is 2. The number of likely N-dealkylation sites (tertiary alicyclic amines) is 1. The molecule has 104 valence electrons. The fourth-order valence-electron chi connectivity index (χ4n) is 2.33. The van der Waals surface area contributed by atoms with Gasteiger partial charge in [-0.25, -0.2) is 8.78 Å². The maximum absolute atomic E-state index is 13.2. The Kier molecular flexibility index (Phi) is 3.20. The molecule has 1 saturated heterocycles. The number of carbonyl (C=O) groups excluding carboxylic acids is 1. The number of rotatable bonds is 1. The van der Waals surface area contributed by atoms with E-state index in [1.54, 1.807) is 6.07 Å². The molecule has 0 N–H and O–H groups in total. The van der Waals surface area contributed by atoms with Crippen LogP contribution in [0, 0.1) is 0 Å². The monoisotopic (exact) mass is 340 g/mol. The molecule has 0 aliphatic carbocycles. The highest BCUT2D eigenvalue weighted by Crippen LogP contribution is 2.28. The minimum atomic E-state index is -2.77. The second kappa shape index (κ2) is 4.77. The van der Waals surface area contributed by atoms with Gasteiger partial charge in [-0.2, -0.15) is 0 Å². The molecule has 0 saturated carbocycles. The van der Waals surface area contributed by atoms with Crippen molar-refractivity contribution in [2.45, 2.75) is 12.3 Å². The normalized spacial score (nSPS) is 17.6. The molecule has 1 aliphatic heterocycles. The Morgan fingerprint density at radius 3 is 2.90 bits per heavy atom. The molecule has 1 aliphatic rings.